The number of benzene rings is 3. The third-order valence-corrected chi connectivity index (χ3v) is 6.04. The fourth-order valence-corrected chi connectivity index (χ4v) is 4.17. The van der Waals surface area contributed by atoms with Crippen molar-refractivity contribution in [1.82, 2.24) is 4.98 Å². The molecule has 1 unspecified atom stereocenters. The fraction of sp³-hybridized carbons (Fsp3) is 0.120. The standard InChI is InChI=1S/C25H21FN2O2S/c1-16(24(29)30)15-27-25-28-22(23(31-25)20-5-3-2-4-6-20)19-9-7-17(8-10-19)18-11-13-21(26)14-12-18/h2-14,16H,15H2,1H3,(H,27,28)(H,29,30). The van der Waals surface area contributed by atoms with Crippen molar-refractivity contribution >= 4 is 22.4 Å². The first kappa shape index (κ1) is 20.8. The summed E-state index contributed by atoms with van der Waals surface area (Å²) >= 11 is 1.51. The average Bonchev–Trinajstić information content (AvgIpc) is 3.23. The van der Waals surface area contributed by atoms with Gasteiger partial charge in [-0.05, 0) is 28.8 Å². The number of hydrogen-bond acceptors (Lipinski definition) is 4. The molecular formula is C25H21FN2O2S. The van der Waals surface area contributed by atoms with Gasteiger partial charge in [0.2, 0.25) is 0 Å². The largest absolute Gasteiger partial charge is 0.481 e. The number of carboxylic acids is 1. The molecule has 4 nitrogen and oxygen atoms in total. The SMILES string of the molecule is CC(CNc1nc(-c2ccc(-c3ccc(F)cc3)cc2)c(-c2ccccc2)s1)C(=O)O. The predicted octanol–water partition coefficient (Wildman–Crippen LogP) is 6.42. The first-order valence-electron chi connectivity index (χ1n) is 9.90. The van der Waals surface area contributed by atoms with Gasteiger partial charge in [0.25, 0.3) is 0 Å². The molecule has 0 saturated heterocycles. The number of nitrogens with zero attached hydrogens (tertiary/aromatic N) is 1. The molecule has 0 spiro atoms. The van der Waals surface area contributed by atoms with Crippen molar-refractivity contribution < 1.29 is 14.3 Å². The van der Waals surface area contributed by atoms with Gasteiger partial charge < -0.3 is 10.4 Å². The van der Waals surface area contributed by atoms with E-state index in [2.05, 4.69) is 5.32 Å². The average molecular weight is 433 g/mol. The smallest absolute Gasteiger partial charge is 0.308 e. The van der Waals surface area contributed by atoms with Crippen LogP contribution in [0.3, 0.4) is 0 Å². The van der Waals surface area contributed by atoms with Crippen LogP contribution in [0.15, 0.2) is 78.9 Å². The summed E-state index contributed by atoms with van der Waals surface area (Å²) in [6.45, 7) is 1.97. The highest BCUT2D eigenvalue weighted by Crippen LogP contribution is 2.39. The van der Waals surface area contributed by atoms with Crippen LogP contribution in [0.4, 0.5) is 9.52 Å². The quantitative estimate of drug-likeness (QED) is 0.354. The Labute approximate surface area is 184 Å². The summed E-state index contributed by atoms with van der Waals surface area (Å²) in [6, 6.07) is 24.4. The van der Waals surface area contributed by atoms with Crippen LogP contribution in [-0.2, 0) is 4.79 Å². The Morgan fingerprint density at radius 1 is 0.935 bits per heavy atom. The molecular weight excluding hydrogens is 411 g/mol. The first-order chi connectivity index (χ1) is 15.0. The number of anilines is 1. The summed E-state index contributed by atoms with van der Waals surface area (Å²) in [5, 5.41) is 13.0. The Bertz CT molecular complexity index is 1170. The maximum Gasteiger partial charge on any atom is 0.308 e. The Morgan fingerprint density at radius 3 is 2.13 bits per heavy atom. The molecule has 0 aliphatic carbocycles. The van der Waals surface area contributed by atoms with E-state index >= 15 is 0 Å². The molecule has 1 heterocycles. The van der Waals surface area contributed by atoms with Crippen molar-refractivity contribution in [2.45, 2.75) is 6.92 Å². The molecule has 1 atom stereocenters. The third-order valence-electron chi connectivity index (χ3n) is 4.98. The van der Waals surface area contributed by atoms with Gasteiger partial charge in [-0.25, -0.2) is 9.37 Å². The molecule has 0 aliphatic heterocycles. The van der Waals surface area contributed by atoms with E-state index in [-0.39, 0.29) is 5.82 Å². The van der Waals surface area contributed by atoms with E-state index in [1.165, 1.54) is 23.5 Å². The molecule has 0 aliphatic rings. The monoisotopic (exact) mass is 432 g/mol. The predicted molar refractivity (Wildman–Crippen MR) is 124 cm³/mol. The summed E-state index contributed by atoms with van der Waals surface area (Å²) in [5.41, 5.74) is 4.79. The van der Waals surface area contributed by atoms with Gasteiger partial charge in [-0.3, -0.25) is 4.79 Å². The Morgan fingerprint density at radius 2 is 1.52 bits per heavy atom. The molecule has 3 aromatic carbocycles. The molecule has 31 heavy (non-hydrogen) atoms. The van der Waals surface area contributed by atoms with E-state index < -0.39 is 11.9 Å². The highest BCUT2D eigenvalue weighted by atomic mass is 32.1. The molecule has 0 amide bonds. The third kappa shape index (κ3) is 4.81. The number of carbonyl (C=O) groups is 1. The summed E-state index contributed by atoms with van der Waals surface area (Å²) in [5.74, 6) is -1.61. The summed E-state index contributed by atoms with van der Waals surface area (Å²) in [4.78, 5) is 16.9. The minimum absolute atomic E-state index is 0.257. The molecule has 1 aromatic heterocycles. The van der Waals surface area contributed by atoms with Crippen molar-refractivity contribution in [3.63, 3.8) is 0 Å². The highest BCUT2D eigenvalue weighted by Gasteiger charge is 2.17. The lowest BCUT2D eigenvalue weighted by Crippen LogP contribution is -2.19. The lowest BCUT2D eigenvalue weighted by atomic mass is 10.0. The zero-order chi connectivity index (χ0) is 21.8. The maximum atomic E-state index is 13.2. The zero-order valence-electron chi connectivity index (χ0n) is 16.9. The van der Waals surface area contributed by atoms with E-state index in [9.17, 15) is 9.18 Å². The topological polar surface area (TPSA) is 62.2 Å². The van der Waals surface area contributed by atoms with Gasteiger partial charge >= 0.3 is 5.97 Å². The van der Waals surface area contributed by atoms with Crippen LogP contribution < -0.4 is 5.32 Å². The number of aliphatic carboxylic acids is 1. The molecule has 0 saturated carbocycles. The van der Waals surface area contributed by atoms with Crippen molar-refractivity contribution in [2.24, 2.45) is 5.92 Å². The lowest BCUT2D eigenvalue weighted by molar-refractivity contribution is -0.140. The van der Waals surface area contributed by atoms with Gasteiger partial charge in [-0.15, -0.1) is 0 Å². The second kappa shape index (κ2) is 9.10. The first-order valence-corrected chi connectivity index (χ1v) is 10.7. The number of rotatable bonds is 7. The van der Waals surface area contributed by atoms with Crippen molar-refractivity contribution in [3.8, 4) is 32.8 Å². The van der Waals surface area contributed by atoms with Gasteiger partial charge in [0.15, 0.2) is 5.13 Å². The molecule has 0 radical (unpaired) electrons. The van der Waals surface area contributed by atoms with E-state index in [1.807, 2.05) is 54.6 Å². The van der Waals surface area contributed by atoms with Gasteiger partial charge in [0.1, 0.15) is 5.82 Å². The minimum Gasteiger partial charge on any atom is -0.481 e. The zero-order valence-corrected chi connectivity index (χ0v) is 17.7. The molecule has 4 aromatic rings. The lowest BCUT2D eigenvalue weighted by Gasteiger charge is -2.06. The number of hydrogen-bond donors (Lipinski definition) is 2. The summed E-state index contributed by atoms with van der Waals surface area (Å²) in [6.07, 6.45) is 0. The Balaban J connectivity index is 1.67. The normalized spacial score (nSPS) is 11.8. The van der Waals surface area contributed by atoms with Crippen LogP contribution in [0.5, 0.6) is 0 Å². The molecule has 0 bridgehead atoms. The molecule has 2 N–H and O–H groups in total. The number of thiazole rings is 1. The summed E-state index contributed by atoms with van der Waals surface area (Å²) < 4.78 is 13.2. The molecule has 4 rings (SSSR count). The van der Waals surface area contributed by atoms with Crippen molar-refractivity contribution in [3.05, 3.63) is 84.7 Å². The Hall–Kier alpha value is -3.51. The minimum atomic E-state index is -0.844. The van der Waals surface area contributed by atoms with Gasteiger partial charge in [0.05, 0.1) is 16.5 Å². The molecule has 6 heteroatoms. The van der Waals surface area contributed by atoms with Gasteiger partial charge in [-0.2, -0.15) is 0 Å². The van der Waals surface area contributed by atoms with Crippen LogP contribution in [0, 0.1) is 11.7 Å². The highest BCUT2D eigenvalue weighted by molar-refractivity contribution is 7.19. The van der Waals surface area contributed by atoms with Crippen LogP contribution in [0.2, 0.25) is 0 Å². The van der Waals surface area contributed by atoms with Crippen molar-refractivity contribution in [2.75, 3.05) is 11.9 Å². The van der Waals surface area contributed by atoms with E-state index in [1.54, 1.807) is 19.1 Å². The van der Waals surface area contributed by atoms with E-state index in [0.29, 0.717) is 11.7 Å². The summed E-state index contributed by atoms with van der Waals surface area (Å²) in [7, 11) is 0. The van der Waals surface area contributed by atoms with Gasteiger partial charge in [-0.1, -0.05) is 85.0 Å². The van der Waals surface area contributed by atoms with Crippen LogP contribution in [0.1, 0.15) is 6.92 Å². The Kier molecular flexibility index (Phi) is 6.09. The van der Waals surface area contributed by atoms with Gasteiger partial charge in [0, 0.05) is 12.1 Å². The fourth-order valence-electron chi connectivity index (χ4n) is 3.17. The molecule has 0 fully saturated rings. The van der Waals surface area contributed by atoms with E-state index in [0.717, 1.165) is 32.8 Å². The molecule has 156 valence electrons. The van der Waals surface area contributed by atoms with E-state index in [4.69, 9.17) is 10.1 Å². The number of nitrogens with one attached hydrogen (secondary N) is 1. The van der Waals surface area contributed by atoms with Crippen LogP contribution in [-0.4, -0.2) is 22.6 Å². The van der Waals surface area contributed by atoms with Crippen molar-refractivity contribution in [1.29, 1.82) is 0 Å². The number of halogens is 1. The second-order valence-electron chi connectivity index (χ2n) is 7.27. The number of carboxylic acid groups (broad SMARTS) is 1. The number of aromatic nitrogens is 1. The van der Waals surface area contributed by atoms with Crippen LogP contribution in [0.25, 0.3) is 32.8 Å². The second-order valence-corrected chi connectivity index (χ2v) is 8.27. The van der Waals surface area contributed by atoms with Crippen LogP contribution >= 0.6 is 11.3 Å². The maximum absolute atomic E-state index is 13.2.